The van der Waals surface area contributed by atoms with E-state index in [-0.39, 0.29) is 63.7 Å². The Morgan fingerprint density at radius 1 is 0.531 bits per heavy atom. The minimum atomic E-state index is -0.661. The van der Waals surface area contributed by atoms with Crippen molar-refractivity contribution in [3.63, 3.8) is 0 Å². The van der Waals surface area contributed by atoms with Gasteiger partial charge in [0.25, 0.3) is 0 Å². The summed E-state index contributed by atoms with van der Waals surface area (Å²) in [7, 11) is 0. The lowest BCUT2D eigenvalue weighted by molar-refractivity contribution is -0.158. The molecule has 0 heterocycles. The first-order chi connectivity index (χ1) is 15.2. The number of carbonyl (C=O) groups excluding carboxylic acids is 6. The topological polar surface area (TPSA) is 139 Å². The lowest BCUT2D eigenvalue weighted by atomic mass is 9.96. The van der Waals surface area contributed by atoms with Crippen LogP contribution in [0.15, 0.2) is 0 Å². The van der Waals surface area contributed by atoms with Crippen molar-refractivity contribution in [3.05, 3.63) is 0 Å². The lowest BCUT2D eigenvalue weighted by Gasteiger charge is -2.15. The SMILES string of the molecule is CCOC(=O)[C@H]1CC(=O)C[C@H]1C(=O)OCC.CCOC(=O)[C@H]1CC(=O)C[C@H]1C(=O)OCC. The maximum atomic E-state index is 11.5. The van der Waals surface area contributed by atoms with Crippen molar-refractivity contribution >= 4 is 35.4 Å². The zero-order chi connectivity index (χ0) is 24.3. The van der Waals surface area contributed by atoms with Crippen LogP contribution in [0.3, 0.4) is 0 Å². The highest BCUT2D eigenvalue weighted by Crippen LogP contribution is 2.32. The molecule has 10 nitrogen and oxygen atoms in total. The van der Waals surface area contributed by atoms with Crippen LogP contribution < -0.4 is 0 Å². The molecular weight excluding hydrogens is 424 g/mol. The number of hydrogen-bond acceptors (Lipinski definition) is 10. The summed E-state index contributed by atoms with van der Waals surface area (Å²) in [5.74, 6) is -4.74. The molecule has 0 unspecified atom stereocenters. The van der Waals surface area contributed by atoms with Gasteiger partial charge in [0.2, 0.25) is 0 Å². The molecule has 180 valence electrons. The fourth-order valence-electron chi connectivity index (χ4n) is 3.70. The summed E-state index contributed by atoms with van der Waals surface area (Å²) in [5, 5.41) is 0. The summed E-state index contributed by atoms with van der Waals surface area (Å²) >= 11 is 0. The Kier molecular flexibility index (Phi) is 11.6. The van der Waals surface area contributed by atoms with Gasteiger partial charge in [-0.1, -0.05) is 0 Å². The summed E-state index contributed by atoms with van der Waals surface area (Å²) in [4.78, 5) is 68.6. The van der Waals surface area contributed by atoms with E-state index in [9.17, 15) is 28.8 Å². The molecule has 0 aromatic rings. The molecule has 0 amide bonds. The Hall–Kier alpha value is -2.78. The second-order valence-electron chi connectivity index (χ2n) is 7.33. The Labute approximate surface area is 187 Å². The van der Waals surface area contributed by atoms with Crippen LogP contribution in [0.5, 0.6) is 0 Å². The molecular formula is C22H32O10. The van der Waals surface area contributed by atoms with Crippen molar-refractivity contribution in [2.24, 2.45) is 23.7 Å². The fourth-order valence-corrected chi connectivity index (χ4v) is 3.70. The standard InChI is InChI=1S/2C11H16O5/c2*1-3-15-10(13)8-5-7(12)6-9(8)11(14)16-4-2/h2*8-9H,3-6H2,1-2H3/t2*8-,9+. The number of esters is 4. The highest BCUT2D eigenvalue weighted by molar-refractivity contribution is 5.96. The van der Waals surface area contributed by atoms with Gasteiger partial charge >= 0.3 is 23.9 Å². The van der Waals surface area contributed by atoms with Gasteiger partial charge in [0.1, 0.15) is 11.6 Å². The zero-order valence-corrected chi connectivity index (χ0v) is 19.0. The third-order valence-corrected chi connectivity index (χ3v) is 5.12. The van der Waals surface area contributed by atoms with Crippen molar-refractivity contribution in [2.75, 3.05) is 26.4 Å². The molecule has 2 rings (SSSR count). The predicted octanol–water partition coefficient (Wildman–Crippen LogP) is 1.42. The number of Topliss-reactive ketones (excluding diaryl/α,β-unsaturated/α-hetero) is 2. The summed E-state index contributed by atoms with van der Waals surface area (Å²) in [6.45, 7) is 7.75. The van der Waals surface area contributed by atoms with E-state index in [2.05, 4.69) is 0 Å². The molecule has 2 fully saturated rings. The predicted molar refractivity (Wildman–Crippen MR) is 109 cm³/mol. The monoisotopic (exact) mass is 456 g/mol. The summed E-state index contributed by atoms with van der Waals surface area (Å²) in [6.07, 6.45) is 0.343. The van der Waals surface area contributed by atoms with Crippen LogP contribution in [0.2, 0.25) is 0 Å². The van der Waals surface area contributed by atoms with Crippen molar-refractivity contribution in [1.82, 2.24) is 0 Å². The highest BCUT2D eigenvalue weighted by atomic mass is 16.5. The van der Waals surface area contributed by atoms with E-state index in [0.717, 1.165) is 0 Å². The van der Waals surface area contributed by atoms with Crippen molar-refractivity contribution in [2.45, 2.75) is 53.4 Å². The molecule has 4 atom stereocenters. The minimum Gasteiger partial charge on any atom is -0.466 e. The van der Waals surface area contributed by atoms with E-state index < -0.39 is 47.5 Å². The number of ether oxygens (including phenoxy) is 4. The molecule has 0 aromatic carbocycles. The zero-order valence-electron chi connectivity index (χ0n) is 19.0. The van der Waals surface area contributed by atoms with Crippen LogP contribution in [0.1, 0.15) is 53.4 Å². The number of rotatable bonds is 8. The maximum Gasteiger partial charge on any atom is 0.310 e. The van der Waals surface area contributed by atoms with Crippen LogP contribution in [-0.2, 0) is 47.7 Å². The van der Waals surface area contributed by atoms with E-state index >= 15 is 0 Å². The van der Waals surface area contributed by atoms with Gasteiger partial charge in [-0.25, -0.2) is 0 Å². The van der Waals surface area contributed by atoms with E-state index in [1.54, 1.807) is 27.7 Å². The lowest BCUT2D eigenvalue weighted by Crippen LogP contribution is -2.28. The summed E-state index contributed by atoms with van der Waals surface area (Å²) in [5.41, 5.74) is 0. The van der Waals surface area contributed by atoms with Crippen molar-refractivity contribution < 1.29 is 47.7 Å². The Balaban J connectivity index is 0.000000320. The van der Waals surface area contributed by atoms with Crippen LogP contribution in [0.4, 0.5) is 0 Å². The molecule has 0 aliphatic heterocycles. The second kappa shape index (κ2) is 13.6. The van der Waals surface area contributed by atoms with Crippen LogP contribution in [0, 0.1) is 23.7 Å². The van der Waals surface area contributed by atoms with Crippen molar-refractivity contribution in [1.29, 1.82) is 0 Å². The molecule has 2 saturated carbocycles. The quantitative estimate of drug-likeness (QED) is 0.389. The first-order valence-corrected chi connectivity index (χ1v) is 10.9. The molecule has 10 heteroatoms. The van der Waals surface area contributed by atoms with Gasteiger partial charge in [-0.15, -0.1) is 0 Å². The Morgan fingerprint density at radius 3 is 0.875 bits per heavy atom. The van der Waals surface area contributed by atoms with Crippen LogP contribution in [0.25, 0.3) is 0 Å². The molecule has 0 radical (unpaired) electrons. The summed E-state index contributed by atoms with van der Waals surface area (Å²) < 4.78 is 19.3. The van der Waals surface area contributed by atoms with Gasteiger partial charge in [-0.3, -0.25) is 28.8 Å². The van der Waals surface area contributed by atoms with E-state index in [1.807, 2.05) is 0 Å². The molecule has 0 N–H and O–H groups in total. The molecule has 32 heavy (non-hydrogen) atoms. The molecule has 0 saturated heterocycles. The van der Waals surface area contributed by atoms with Gasteiger partial charge in [0.15, 0.2) is 0 Å². The minimum absolute atomic E-state index is 0.0856. The number of hydrogen-bond donors (Lipinski definition) is 0. The molecule has 0 spiro atoms. The average molecular weight is 456 g/mol. The summed E-state index contributed by atoms with van der Waals surface area (Å²) in [6, 6.07) is 0. The van der Waals surface area contributed by atoms with Gasteiger partial charge < -0.3 is 18.9 Å². The Bertz CT molecular complexity index is 598. The molecule has 0 aromatic heterocycles. The second-order valence-corrected chi connectivity index (χ2v) is 7.33. The largest absolute Gasteiger partial charge is 0.466 e. The van der Waals surface area contributed by atoms with Crippen LogP contribution in [-0.4, -0.2) is 61.9 Å². The molecule has 0 bridgehead atoms. The van der Waals surface area contributed by atoms with Crippen LogP contribution >= 0.6 is 0 Å². The average Bonchev–Trinajstić information content (AvgIpc) is 3.32. The third kappa shape index (κ3) is 7.72. The highest BCUT2D eigenvalue weighted by Gasteiger charge is 2.44. The van der Waals surface area contributed by atoms with E-state index in [1.165, 1.54) is 0 Å². The Morgan fingerprint density at radius 2 is 0.719 bits per heavy atom. The van der Waals surface area contributed by atoms with E-state index in [4.69, 9.17) is 18.9 Å². The number of carbonyl (C=O) groups is 6. The normalized spacial score (nSPS) is 24.2. The van der Waals surface area contributed by atoms with Gasteiger partial charge in [-0.05, 0) is 27.7 Å². The van der Waals surface area contributed by atoms with E-state index in [0.29, 0.717) is 0 Å². The molecule has 2 aliphatic carbocycles. The van der Waals surface area contributed by atoms with Gasteiger partial charge in [0.05, 0.1) is 50.1 Å². The van der Waals surface area contributed by atoms with Gasteiger partial charge in [-0.2, -0.15) is 0 Å². The third-order valence-electron chi connectivity index (χ3n) is 5.12. The number of ketones is 2. The van der Waals surface area contributed by atoms with Crippen molar-refractivity contribution in [3.8, 4) is 0 Å². The molecule has 2 aliphatic rings. The first-order valence-electron chi connectivity index (χ1n) is 10.9. The fraction of sp³-hybridized carbons (Fsp3) is 0.727. The maximum absolute atomic E-state index is 11.5. The smallest absolute Gasteiger partial charge is 0.310 e. The van der Waals surface area contributed by atoms with Gasteiger partial charge in [0, 0.05) is 25.7 Å². The first kappa shape index (κ1) is 27.3.